The molecule has 2 aliphatic heterocycles. The van der Waals surface area contributed by atoms with Crippen molar-refractivity contribution in [3.05, 3.63) is 96.1 Å². The number of aromatic amines is 1. The Morgan fingerprint density at radius 2 is 1.68 bits per heavy atom. The van der Waals surface area contributed by atoms with Crippen molar-refractivity contribution >= 4 is 44.7 Å². The van der Waals surface area contributed by atoms with Crippen LogP contribution < -0.4 is 10.6 Å². The summed E-state index contributed by atoms with van der Waals surface area (Å²) in [6.07, 6.45) is 9.39. The van der Waals surface area contributed by atoms with E-state index in [9.17, 15) is 0 Å². The minimum atomic E-state index is 0.283. The van der Waals surface area contributed by atoms with Crippen LogP contribution in [-0.4, -0.2) is 37.1 Å². The number of aryl methyl sites for hydroxylation is 2. The lowest BCUT2D eigenvalue weighted by Crippen LogP contribution is -2.29. The van der Waals surface area contributed by atoms with Crippen LogP contribution in [0.25, 0.3) is 33.5 Å². The lowest BCUT2D eigenvalue weighted by Gasteiger charge is -2.29. The molecule has 1 saturated carbocycles. The molecule has 8 heteroatoms. The molecule has 0 amide bonds. The van der Waals surface area contributed by atoms with Gasteiger partial charge in [-0.3, -0.25) is 15.0 Å². The number of pyridine rings is 3. The molecule has 4 aromatic heterocycles. The van der Waals surface area contributed by atoms with Crippen LogP contribution in [0.4, 0.5) is 22.7 Å². The second-order valence-corrected chi connectivity index (χ2v) is 12.8. The van der Waals surface area contributed by atoms with E-state index in [1.165, 1.54) is 24.8 Å². The van der Waals surface area contributed by atoms with E-state index in [0.717, 1.165) is 74.0 Å². The fourth-order valence-corrected chi connectivity index (χ4v) is 7.62. The molecule has 0 spiro atoms. The number of fused-ring (bicyclic) bond motifs is 6. The summed E-state index contributed by atoms with van der Waals surface area (Å²) in [5, 5.41) is 8.24. The molecule has 2 unspecified atom stereocenters. The number of hydrogen-bond donors (Lipinski definition) is 3. The van der Waals surface area contributed by atoms with Gasteiger partial charge in [0, 0.05) is 45.4 Å². The summed E-state index contributed by atoms with van der Waals surface area (Å²) >= 11 is 0. The van der Waals surface area contributed by atoms with Gasteiger partial charge in [-0.2, -0.15) is 0 Å². The summed E-state index contributed by atoms with van der Waals surface area (Å²) in [5.74, 6) is 1.40. The molecule has 3 N–H and O–H groups in total. The van der Waals surface area contributed by atoms with Gasteiger partial charge in [0.2, 0.25) is 0 Å². The second-order valence-electron chi connectivity index (χ2n) is 12.8. The SMILES string of the molecule is Cc1cc(Nc2ccc3nc(-c4ccc(Nc5cc(C)nc6ccc(C78CC7[C@@H]7CC[C@H](C8)O7)cc56)cn4)[nH]c3c2)ccn1. The van der Waals surface area contributed by atoms with Crippen LogP contribution in [0.15, 0.2) is 79.1 Å². The number of rotatable bonds is 6. The highest BCUT2D eigenvalue weighted by Crippen LogP contribution is 2.65. The molecule has 9 rings (SSSR count). The fraction of sp³-hybridized carbons (Fsp3) is 0.278. The molecule has 44 heavy (non-hydrogen) atoms. The van der Waals surface area contributed by atoms with E-state index in [1.54, 1.807) is 0 Å². The van der Waals surface area contributed by atoms with E-state index in [0.29, 0.717) is 18.1 Å². The third-order valence-corrected chi connectivity index (χ3v) is 9.78. The average Bonchev–Trinajstić information content (AvgIpc) is 3.41. The maximum Gasteiger partial charge on any atom is 0.157 e. The molecule has 0 radical (unpaired) electrons. The van der Waals surface area contributed by atoms with Crippen molar-refractivity contribution in [3.63, 3.8) is 0 Å². The maximum absolute atomic E-state index is 6.25. The Bertz CT molecular complexity index is 2070. The smallest absolute Gasteiger partial charge is 0.157 e. The molecule has 6 aromatic rings. The molecule has 2 aromatic carbocycles. The molecule has 4 atom stereocenters. The van der Waals surface area contributed by atoms with E-state index in [-0.39, 0.29) is 5.41 Å². The molecule has 1 aliphatic carbocycles. The minimum Gasteiger partial charge on any atom is -0.375 e. The van der Waals surface area contributed by atoms with Crippen LogP contribution in [0.3, 0.4) is 0 Å². The molecule has 3 aliphatic rings. The normalized spacial score (nSPS) is 23.5. The van der Waals surface area contributed by atoms with Gasteiger partial charge in [0.25, 0.3) is 0 Å². The number of anilines is 4. The number of nitrogens with zero attached hydrogens (tertiary/aromatic N) is 4. The highest BCUT2D eigenvalue weighted by Gasteiger charge is 2.64. The van der Waals surface area contributed by atoms with Crippen molar-refractivity contribution < 1.29 is 4.74 Å². The Morgan fingerprint density at radius 3 is 2.57 bits per heavy atom. The van der Waals surface area contributed by atoms with Crippen LogP contribution in [0, 0.1) is 19.8 Å². The van der Waals surface area contributed by atoms with E-state index in [1.807, 2.05) is 56.6 Å². The molecule has 6 heterocycles. The molecule has 218 valence electrons. The maximum atomic E-state index is 6.25. The summed E-state index contributed by atoms with van der Waals surface area (Å²) in [5.41, 5.74) is 11.3. The Morgan fingerprint density at radius 1 is 0.795 bits per heavy atom. The van der Waals surface area contributed by atoms with Crippen molar-refractivity contribution in [2.45, 2.75) is 57.2 Å². The topological polar surface area (TPSA) is 101 Å². The number of aromatic nitrogens is 5. The highest BCUT2D eigenvalue weighted by atomic mass is 16.5. The predicted molar refractivity (Wildman–Crippen MR) is 174 cm³/mol. The fourth-order valence-electron chi connectivity index (χ4n) is 7.62. The van der Waals surface area contributed by atoms with Crippen molar-refractivity contribution in [1.29, 1.82) is 0 Å². The first kappa shape index (κ1) is 25.7. The quantitative estimate of drug-likeness (QED) is 0.185. The van der Waals surface area contributed by atoms with Crippen LogP contribution in [0.5, 0.6) is 0 Å². The largest absolute Gasteiger partial charge is 0.375 e. The van der Waals surface area contributed by atoms with Crippen molar-refractivity contribution in [2.24, 2.45) is 5.92 Å². The summed E-state index contributed by atoms with van der Waals surface area (Å²) in [6, 6.07) is 23.2. The van der Waals surface area contributed by atoms with Gasteiger partial charge in [0.15, 0.2) is 5.82 Å². The zero-order chi connectivity index (χ0) is 29.4. The van der Waals surface area contributed by atoms with E-state index in [2.05, 4.69) is 57.0 Å². The zero-order valence-corrected chi connectivity index (χ0v) is 24.8. The predicted octanol–water partition coefficient (Wildman–Crippen LogP) is 7.88. The van der Waals surface area contributed by atoms with Gasteiger partial charge < -0.3 is 20.4 Å². The first-order valence-electron chi connectivity index (χ1n) is 15.5. The van der Waals surface area contributed by atoms with Gasteiger partial charge in [-0.25, -0.2) is 4.98 Å². The molecular formula is C36H33N7O. The first-order valence-corrected chi connectivity index (χ1v) is 15.5. The molecule has 3 fully saturated rings. The number of benzene rings is 2. The van der Waals surface area contributed by atoms with E-state index in [4.69, 9.17) is 19.7 Å². The van der Waals surface area contributed by atoms with Crippen LogP contribution in [0.1, 0.15) is 42.6 Å². The van der Waals surface area contributed by atoms with Crippen molar-refractivity contribution in [1.82, 2.24) is 24.9 Å². The number of hydrogen-bond acceptors (Lipinski definition) is 7. The number of H-pyrrole nitrogens is 1. The van der Waals surface area contributed by atoms with Gasteiger partial charge in [-0.1, -0.05) is 6.07 Å². The van der Waals surface area contributed by atoms with E-state index >= 15 is 0 Å². The number of nitrogens with one attached hydrogen (secondary N) is 3. The minimum absolute atomic E-state index is 0.283. The van der Waals surface area contributed by atoms with Crippen LogP contribution in [0.2, 0.25) is 0 Å². The molecule has 2 saturated heterocycles. The molecule has 8 nitrogen and oxygen atoms in total. The monoisotopic (exact) mass is 579 g/mol. The number of ether oxygens (including phenoxy) is 1. The molecule has 2 bridgehead atoms. The van der Waals surface area contributed by atoms with Crippen molar-refractivity contribution in [3.8, 4) is 11.5 Å². The summed E-state index contributed by atoms with van der Waals surface area (Å²) in [6.45, 7) is 4.03. The zero-order valence-electron chi connectivity index (χ0n) is 24.8. The lowest BCUT2D eigenvalue weighted by molar-refractivity contribution is -0.00879. The Labute approximate surface area is 255 Å². The Balaban J connectivity index is 0.976. The van der Waals surface area contributed by atoms with Gasteiger partial charge >= 0.3 is 0 Å². The first-order chi connectivity index (χ1) is 21.5. The van der Waals surface area contributed by atoms with Crippen LogP contribution >= 0.6 is 0 Å². The summed E-state index contributed by atoms with van der Waals surface area (Å²) in [7, 11) is 0. The third kappa shape index (κ3) is 4.32. The van der Waals surface area contributed by atoms with Gasteiger partial charge in [0.05, 0.1) is 40.6 Å². The van der Waals surface area contributed by atoms with Gasteiger partial charge in [0.1, 0.15) is 5.69 Å². The second kappa shape index (κ2) is 9.59. The molecular weight excluding hydrogens is 546 g/mol. The van der Waals surface area contributed by atoms with Gasteiger partial charge in [-0.05, 0) is 112 Å². The van der Waals surface area contributed by atoms with Crippen molar-refractivity contribution in [2.75, 3.05) is 10.6 Å². The highest BCUT2D eigenvalue weighted by molar-refractivity contribution is 5.94. The van der Waals surface area contributed by atoms with Gasteiger partial charge in [-0.15, -0.1) is 0 Å². The Hall–Kier alpha value is -4.82. The third-order valence-electron chi connectivity index (χ3n) is 9.78. The Kier molecular flexibility index (Phi) is 5.59. The average molecular weight is 580 g/mol. The van der Waals surface area contributed by atoms with E-state index < -0.39 is 0 Å². The standard InChI is InChI=1S/C36H33N7O/c1-20-13-24(11-12-37-20)40-23-4-8-30-33(16-23)43-35(42-30)31-9-5-25(19-38-31)41-32-14-21(2)39-29-7-3-22(15-27(29)32)36-17-26-6-10-34(44-26)28(36)18-36/h3-5,7-9,11-16,19,26,28,34H,6,10,17-18H2,1-2H3,(H,37,40)(H,39,41)(H,42,43)/t26-,28?,34+,36?/m1/s1. The van der Waals surface area contributed by atoms with Crippen LogP contribution in [-0.2, 0) is 10.2 Å². The lowest BCUT2D eigenvalue weighted by atomic mass is 9.85. The summed E-state index contributed by atoms with van der Waals surface area (Å²) in [4.78, 5) is 22.1. The summed E-state index contributed by atoms with van der Waals surface area (Å²) < 4.78 is 6.25. The number of imidazole rings is 1.